The Bertz CT molecular complexity index is 679. The fourth-order valence-corrected chi connectivity index (χ4v) is 3.46. The summed E-state index contributed by atoms with van der Waals surface area (Å²) < 4.78 is 41.2. The third-order valence-electron chi connectivity index (χ3n) is 4.83. The maximum atomic E-state index is 14.4. The van der Waals surface area contributed by atoms with Gasteiger partial charge in [0.25, 0.3) is 0 Å². The molecule has 1 aromatic heterocycles. The molecular formula is C16H22F3N5O2. The average Bonchev–Trinajstić information content (AvgIpc) is 3.20. The minimum absolute atomic E-state index is 0.0268. The number of hydrogen-bond acceptors (Lipinski definition) is 3. The summed E-state index contributed by atoms with van der Waals surface area (Å²) in [4.78, 5) is 25.1. The largest absolute Gasteiger partial charge is 0.338 e. The van der Waals surface area contributed by atoms with Crippen LogP contribution in [0.1, 0.15) is 36.2 Å². The second kappa shape index (κ2) is 7.55. The monoisotopic (exact) mass is 373 g/mol. The molecule has 0 saturated carbocycles. The SMILES string of the molecule is O=C(NCC(F)(F)c1n[nH]c2c1CCCC2)NC1CCN(CCF)C1=O. The van der Waals surface area contributed by atoms with Gasteiger partial charge in [-0.25, -0.2) is 9.18 Å². The van der Waals surface area contributed by atoms with Gasteiger partial charge < -0.3 is 15.5 Å². The van der Waals surface area contributed by atoms with Crippen LogP contribution in [0.2, 0.25) is 0 Å². The van der Waals surface area contributed by atoms with Gasteiger partial charge in [0.2, 0.25) is 5.91 Å². The van der Waals surface area contributed by atoms with Crippen molar-refractivity contribution in [1.82, 2.24) is 25.7 Å². The smallest absolute Gasteiger partial charge is 0.315 e. The number of carbonyl (C=O) groups is 2. The molecule has 26 heavy (non-hydrogen) atoms. The molecule has 1 aliphatic heterocycles. The number of nitrogens with zero attached hydrogens (tertiary/aromatic N) is 2. The molecule has 0 spiro atoms. The molecule has 7 nitrogen and oxygen atoms in total. The number of hydrogen-bond donors (Lipinski definition) is 3. The second-order valence-corrected chi connectivity index (χ2v) is 6.62. The van der Waals surface area contributed by atoms with Crippen LogP contribution in [-0.2, 0) is 23.6 Å². The Morgan fingerprint density at radius 1 is 1.35 bits per heavy atom. The first-order chi connectivity index (χ1) is 12.4. The molecule has 2 aliphatic rings. The summed E-state index contributed by atoms with van der Waals surface area (Å²) in [5.41, 5.74) is 0.953. The van der Waals surface area contributed by atoms with E-state index in [1.165, 1.54) is 4.90 Å². The van der Waals surface area contributed by atoms with E-state index < -0.39 is 37.1 Å². The molecule has 1 aromatic rings. The fraction of sp³-hybridized carbons (Fsp3) is 0.688. The number of aromatic nitrogens is 2. The van der Waals surface area contributed by atoms with Gasteiger partial charge in [-0.2, -0.15) is 13.9 Å². The van der Waals surface area contributed by atoms with Gasteiger partial charge in [0, 0.05) is 24.3 Å². The summed E-state index contributed by atoms with van der Waals surface area (Å²) in [6.45, 7) is -1.26. The van der Waals surface area contributed by atoms with Crippen molar-refractivity contribution < 1.29 is 22.8 Å². The summed E-state index contributed by atoms with van der Waals surface area (Å²) in [6.07, 6.45) is 3.35. The van der Waals surface area contributed by atoms with Crippen LogP contribution in [-0.4, -0.2) is 59.4 Å². The number of fused-ring (bicyclic) bond motifs is 1. The van der Waals surface area contributed by atoms with Gasteiger partial charge in [-0.05, 0) is 32.1 Å². The highest BCUT2D eigenvalue weighted by atomic mass is 19.3. The Labute approximate surface area is 148 Å². The summed E-state index contributed by atoms with van der Waals surface area (Å²) in [5, 5.41) is 10.9. The molecule has 0 aromatic carbocycles. The molecule has 1 aliphatic carbocycles. The second-order valence-electron chi connectivity index (χ2n) is 6.62. The number of rotatable bonds is 6. The zero-order valence-corrected chi connectivity index (χ0v) is 14.3. The first-order valence-corrected chi connectivity index (χ1v) is 8.76. The Kier molecular flexibility index (Phi) is 5.38. The Hall–Kier alpha value is -2.26. The lowest BCUT2D eigenvalue weighted by Gasteiger charge is -2.19. The lowest BCUT2D eigenvalue weighted by atomic mass is 9.94. The van der Waals surface area contributed by atoms with Crippen LogP contribution in [0, 0.1) is 0 Å². The van der Waals surface area contributed by atoms with Crippen LogP contribution in [0.25, 0.3) is 0 Å². The molecular weight excluding hydrogens is 351 g/mol. The van der Waals surface area contributed by atoms with E-state index in [1.54, 1.807) is 0 Å². The van der Waals surface area contributed by atoms with Gasteiger partial charge in [-0.1, -0.05) is 0 Å². The normalized spacial score (nSPS) is 20.2. The number of nitrogens with one attached hydrogen (secondary N) is 3. The quantitative estimate of drug-likeness (QED) is 0.701. The van der Waals surface area contributed by atoms with Crippen molar-refractivity contribution >= 4 is 11.9 Å². The molecule has 3 rings (SSSR count). The van der Waals surface area contributed by atoms with Crippen LogP contribution >= 0.6 is 0 Å². The van der Waals surface area contributed by atoms with Crippen LogP contribution < -0.4 is 10.6 Å². The molecule has 1 saturated heterocycles. The maximum Gasteiger partial charge on any atom is 0.315 e. The number of H-pyrrole nitrogens is 1. The number of alkyl halides is 3. The van der Waals surface area contributed by atoms with Crippen LogP contribution in [0.4, 0.5) is 18.0 Å². The molecule has 0 bridgehead atoms. The molecule has 1 atom stereocenters. The van der Waals surface area contributed by atoms with Gasteiger partial charge in [-0.3, -0.25) is 9.89 Å². The van der Waals surface area contributed by atoms with Gasteiger partial charge in [0.1, 0.15) is 18.4 Å². The highest BCUT2D eigenvalue weighted by Gasteiger charge is 2.39. The van der Waals surface area contributed by atoms with Crippen LogP contribution in [0.15, 0.2) is 0 Å². The van der Waals surface area contributed by atoms with Crippen LogP contribution in [0.5, 0.6) is 0 Å². The molecule has 3 N–H and O–H groups in total. The highest BCUT2D eigenvalue weighted by molar-refractivity contribution is 5.88. The van der Waals surface area contributed by atoms with Crippen molar-refractivity contribution in [3.63, 3.8) is 0 Å². The van der Waals surface area contributed by atoms with E-state index >= 15 is 0 Å². The summed E-state index contributed by atoms with van der Waals surface area (Å²) in [6, 6.07) is -1.66. The highest BCUT2D eigenvalue weighted by Crippen LogP contribution is 2.33. The first kappa shape index (κ1) is 18.5. The first-order valence-electron chi connectivity index (χ1n) is 8.76. The molecule has 3 amide bonds. The molecule has 1 unspecified atom stereocenters. The Morgan fingerprint density at radius 3 is 2.88 bits per heavy atom. The predicted molar refractivity (Wildman–Crippen MR) is 86.6 cm³/mol. The number of aryl methyl sites for hydroxylation is 1. The topological polar surface area (TPSA) is 90.1 Å². The lowest BCUT2D eigenvalue weighted by Crippen LogP contribution is -2.48. The zero-order valence-electron chi connectivity index (χ0n) is 14.3. The zero-order chi connectivity index (χ0) is 18.7. The standard InChI is InChI=1S/C16H22F3N5O2/c17-6-8-24-7-5-12(14(24)25)21-15(26)20-9-16(18,19)13-10-3-1-2-4-11(10)22-23-13/h12H,1-9H2,(H,22,23)(H2,20,21,26). The Morgan fingerprint density at radius 2 is 2.12 bits per heavy atom. The molecule has 2 heterocycles. The molecule has 0 radical (unpaired) electrons. The van der Waals surface area contributed by atoms with Gasteiger partial charge in [0.15, 0.2) is 0 Å². The Balaban J connectivity index is 1.54. The van der Waals surface area contributed by atoms with Crippen molar-refractivity contribution in [2.24, 2.45) is 0 Å². The minimum Gasteiger partial charge on any atom is -0.338 e. The fourth-order valence-electron chi connectivity index (χ4n) is 3.46. The summed E-state index contributed by atoms with van der Waals surface area (Å²) >= 11 is 0. The lowest BCUT2D eigenvalue weighted by molar-refractivity contribution is -0.129. The minimum atomic E-state index is -3.31. The van der Waals surface area contributed by atoms with E-state index in [2.05, 4.69) is 20.8 Å². The van der Waals surface area contributed by atoms with E-state index in [0.29, 0.717) is 31.4 Å². The molecule has 144 valence electrons. The van der Waals surface area contributed by atoms with Crippen molar-refractivity contribution in [3.8, 4) is 0 Å². The van der Waals surface area contributed by atoms with E-state index in [4.69, 9.17) is 0 Å². The number of likely N-dealkylation sites (tertiary alicyclic amines) is 1. The third kappa shape index (κ3) is 3.78. The summed E-state index contributed by atoms with van der Waals surface area (Å²) in [5.74, 6) is -3.70. The van der Waals surface area contributed by atoms with E-state index in [9.17, 15) is 22.8 Å². The van der Waals surface area contributed by atoms with Crippen molar-refractivity contribution in [2.45, 2.75) is 44.1 Å². The number of urea groups is 1. The summed E-state index contributed by atoms with van der Waals surface area (Å²) in [7, 11) is 0. The maximum absolute atomic E-state index is 14.4. The number of halogens is 3. The number of carbonyl (C=O) groups excluding carboxylic acids is 2. The van der Waals surface area contributed by atoms with Crippen molar-refractivity contribution in [2.75, 3.05) is 26.3 Å². The van der Waals surface area contributed by atoms with Gasteiger partial charge in [0.05, 0.1) is 6.54 Å². The molecule has 10 heteroatoms. The average molecular weight is 373 g/mol. The molecule has 1 fully saturated rings. The van der Waals surface area contributed by atoms with Gasteiger partial charge in [-0.15, -0.1) is 0 Å². The van der Waals surface area contributed by atoms with Crippen molar-refractivity contribution in [1.29, 1.82) is 0 Å². The van der Waals surface area contributed by atoms with Crippen LogP contribution in [0.3, 0.4) is 0 Å². The number of amides is 3. The van der Waals surface area contributed by atoms with Crippen molar-refractivity contribution in [3.05, 3.63) is 17.0 Å². The number of aromatic amines is 1. The van der Waals surface area contributed by atoms with E-state index in [1.807, 2.05) is 0 Å². The predicted octanol–water partition coefficient (Wildman–Crippen LogP) is 1.25. The van der Waals surface area contributed by atoms with E-state index in [-0.39, 0.29) is 12.2 Å². The van der Waals surface area contributed by atoms with Gasteiger partial charge >= 0.3 is 12.0 Å². The third-order valence-corrected chi connectivity index (χ3v) is 4.83. The van der Waals surface area contributed by atoms with E-state index in [0.717, 1.165) is 18.5 Å².